The van der Waals surface area contributed by atoms with Crippen molar-refractivity contribution in [2.45, 2.75) is 30.3 Å². The summed E-state index contributed by atoms with van der Waals surface area (Å²) < 4.78 is 37.4. The van der Waals surface area contributed by atoms with Crippen molar-refractivity contribution < 1.29 is 27.2 Å². The van der Waals surface area contributed by atoms with Crippen LogP contribution < -0.4 is 15.4 Å². The maximum atomic E-state index is 12.9. The van der Waals surface area contributed by atoms with E-state index in [1.54, 1.807) is 24.3 Å². The normalized spacial score (nSPS) is 17.1. The van der Waals surface area contributed by atoms with Gasteiger partial charge in [0.05, 0.1) is 24.8 Å². The first-order valence-electron chi connectivity index (χ1n) is 9.16. The fraction of sp³-hybridized carbons (Fsp3) is 0.368. The van der Waals surface area contributed by atoms with E-state index in [0.717, 1.165) is 0 Å². The lowest BCUT2D eigenvalue weighted by Crippen LogP contribution is -2.46. The van der Waals surface area contributed by atoms with Crippen LogP contribution in [-0.4, -0.2) is 50.8 Å². The Kier molecular flexibility index (Phi) is 6.55. The van der Waals surface area contributed by atoms with Crippen LogP contribution in [0, 0.1) is 0 Å². The van der Waals surface area contributed by atoms with E-state index >= 15 is 0 Å². The van der Waals surface area contributed by atoms with Crippen molar-refractivity contribution in [1.29, 1.82) is 0 Å². The SMILES string of the molecule is COc1ccc(S(=O)(=O)N2CCC[C@H]2CNC(=O)C(=O)NCc2ccco2)cc1. The van der Waals surface area contributed by atoms with Crippen LogP contribution in [-0.2, 0) is 26.2 Å². The van der Waals surface area contributed by atoms with Gasteiger partial charge in [0.2, 0.25) is 10.0 Å². The van der Waals surface area contributed by atoms with Gasteiger partial charge in [-0.3, -0.25) is 9.59 Å². The number of carbonyl (C=O) groups is 2. The van der Waals surface area contributed by atoms with Crippen LogP contribution >= 0.6 is 0 Å². The molecule has 0 aliphatic carbocycles. The van der Waals surface area contributed by atoms with Gasteiger partial charge in [0.25, 0.3) is 0 Å². The molecule has 0 spiro atoms. The van der Waals surface area contributed by atoms with Gasteiger partial charge in [0.15, 0.2) is 0 Å². The van der Waals surface area contributed by atoms with E-state index in [9.17, 15) is 18.0 Å². The number of carbonyl (C=O) groups excluding carboxylic acids is 2. The third-order valence-corrected chi connectivity index (χ3v) is 6.66. The molecule has 0 radical (unpaired) electrons. The van der Waals surface area contributed by atoms with Crippen LogP contribution in [0.4, 0.5) is 0 Å². The van der Waals surface area contributed by atoms with Gasteiger partial charge >= 0.3 is 11.8 Å². The minimum atomic E-state index is -3.71. The van der Waals surface area contributed by atoms with E-state index < -0.39 is 27.9 Å². The molecule has 1 aliphatic rings. The fourth-order valence-corrected chi connectivity index (χ4v) is 4.86. The first-order chi connectivity index (χ1) is 13.9. The molecule has 3 rings (SSSR count). The van der Waals surface area contributed by atoms with Crippen LogP contribution in [0.2, 0.25) is 0 Å². The van der Waals surface area contributed by atoms with E-state index in [1.165, 1.54) is 29.8 Å². The number of hydrogen-bond donors (Lipinski definition) is 2. The van der Waals surface area contributed by atoms with Gasteiger partial charge in [0, 0.05) is 19.1 Å². The average Bonchev–Trinajstić information content (AvgIpc) is 3.42. The van der Waals surface area contributed by atoms with Gasteiger partial charge < -0.3 is 19.8 Å². The highest BCUT2D eigenvalue weighted by Crippen LogP contribution is 2.26. The van der Waals surface area contributed by atoms with Gasteiger partial charge in [-0.1, -0.05) is 0 Å². The van der Waals surface area contributed by atoms with Gasteiger partial charge in [-0.25, -0.2) is 8.42 Å². The quantitative estimate of drug-likeness (QED) is 0.641. The van der Waals surface area contributed by atoms with Crippen molar-refractivity contribution in [2.75, 3.05) is 20.2 Å². The molecule has 29 heavy (non-hydrogen) atoms. The zero-order valence-corrected chi connectivity index (χ0v) is 16.8. The summed E-state index contributed by atoms with van der Waals surface area (Å²) in [7, 11) is -2.20. The number of rotatable bonds is 7. The molecule has 1 fully saturated rings. The van der Waals surface area contributed by atoms with Crippen molar-refractivity contribution >= 4 is 21.8 Å². The number of furan rings is 1. The van der Waals surface area contributed by atoms with Crippen LogP contribution in [0.3, 0.4) is 0 Å². The zero-order valence-electron chi connectivity index (χ0n) is 16.0. The Bertz CT molecular complexity index is 941. The summed E-state index contributed by atoms with van der Waals surface area (Å²) in [6.45, 7) is 0.517. The number of amides is 2. The van der Waals surface area contributed by atoms with Crippen molar-refractivity contribution in [1.82, 2.24) is 14.9 Å². The molecular weight excluding hydrogens is 398 g/mol. The predicted octanol–water partition coefficient (Wildman–Crippen LogP) is 0.874. The first-order valence-corrected chi connectivity index (χ1v) is 10.6. The number of benzene rings is 1. The molecule has 0 saturated carbocycles. The first kappa shape index (κ1) is 20.9. The van der Waals surface area contributed by atoms with E-state index in [4.69, 9.17) is 9.15 Å². The van der Waals surface area contributed by atoms with E-state index in [2.05, 4.69) is 10.6 Å². The Hall–Kier alpha value is -2.85. The lowest BCUT2D eigenvalue weighted by atomic mass is 10.2. The molecule has 10 heteroatoms. The molecular formula is C19H23N3O6S. The lowest BCUT2D eigenvalue weighted by molar-refractivity contribution is -0.139. The minimum Gasteiger partial charge on any atom is -0.497 e. The summed E-state index contributed by atoms with van der Waals surface area (Å²) in [4.78, 5) is 24.1. The molecule has 2 aromatic rings. The second-order valence-corrected chi connectivity index (χ2v) is 8.45. The van der Waals surface area contributed by atoms with Crippen LogP contribution in [0.5, 0.6) is 5.75 Å². The van der Waals surface area contributed by atoms with Crippen LogP contribution in [0.15, 0.2) is 52.0 Å². The maximum Gasteiger partial charge on any atom is 0.309 e. The molecule has 0 bridgehead atoms. The third-order valence-electron chi connectivity index (χ3n) is 4.70. The highest BCUT2D eigenvalue weighted by molar-refractivity contribution is 7.89. The molecule has 2 amide bonds. The number of methoxy groups -OCH3 is 1. The Morgan fingerprint density at radius 3 is 2.55 bits per heavy atom. The zero-order chi connectivity index (χ0) is 20.9. The Labute approximate surface area is 169 Å². The summed E-state index contributed by atoms with van der Waals surface area (Å²) in [6.07, 6.45) is 2.75. The van der Waals surface area contributed by atoms with E-state index in [1.807, 2.05) is 0 Å². The average molecular weight is 421 g/mol. The van der Waals surface area contributed by atoms with Crippen molar-refractivity contribution in [2.24, 2.45) is 0 Å². The number of ether oxygens (including phenoxy) is 1. The number of sulfonamides is 1. The standard InChI is InChI=1S/C19H23N3O6S/c1-27-15-6-8-17(9-7-15)29(25,26)22-10-2-4-14(22)12-20-18(23)19(24)21-13-16-5-3-11-28-16/h3,5-9,11,14H,2,4,10,12-13H2,1H3,(H,20,23)(H,21,24)/t14-/m0/s1. The maximum absolute atomic E-state index is 12.9. The molecule has 1 aliphatic heterocycles. The van der Waals surface area contributed by atoms with Crippen LogP contribution in [0.1, 0.15) is 18.6 Å². The second-order valence-electron chi connectivity index (χ2n) is 6.56. The van der Waals surface area contributed by atoms with Gasteiger partial charge in [0.1, 0.15) is 11.5 Å². The highest BCUT2D eigenvalue weighted by atomic mass is 32.2. The minimum absolute atomic E-state index is 0.0579. The number of nitrogens with zero attached hydrogens (tertiary/aromatic N) is 1. The number of nitrogens with one attached hydrogen (secondary N) is 2. The molecule has 1 aromatic carbocycles. The van der Waals surface area contributed by atoms with Crippen molar-refractivity contribution in [3.05, 3.63) is 48.4 Å². The predicted molar refractivity (Wildman–Crippen MR) is 103 cm³/mol. The van der Waals surface area contributed by atoms with Crippen molar-refractivity contribution in [3.63, 3.8) is 0 Å². The molecule has 9 nitrogen and oxygen atoms in total. The van der Waals surface area contributed by atoms with Crippen LogP contribution in [0.25, 0.3) is 0 Å². The molecule has 1 saturated heterocycles. The summed E-state index contributed by atoms with van der Waals surface area (Å²) >= 11 is 0. The van der Waals surface area contributed by atoms with Gasteiger partial charge in [-0.2, -0.15) is 4.31 Å². The van der Waals surface area contributed by atoms with Gasteiger partial charge in [-0.05, 0) is 49.2 Å². The molecule has 2 N–H and O–H groups in total. The monoisotopic (exact) mass is 421 g/mol. The summed E-state index contributed by atoms with van der Waals surface area (Å²) in [5.74, 6) is -0.525. The summed E-state index contributed by atoms with van der Waals surface area (Å²) in [5, 5.41) is 4.97. The molecule has 156 valence electrons. The highest BCUT2D eigenvalue weighted by Gasteiger charge is 2.35. The number of hydrogen-bond acceptors (Lipinski definition) is 6. The summed E-state index contributed by atoms with van der Waals surface area (Å²) in [5.41, 5.74) is 0. The Morgan fingerprint density at radius 2 is 1.90 bits per heavy atom. The smallest absolute Gasteiger partial charge is 0.309 e. The lowest BCUT2D eigenvalue weighted by Gasteiger charge is -2.24. The topological polar surface area (TPSA) is 118 Å². The Morgan fingerprint density at radius 1 is 1.17 bits per heavy atom. The summed E-state index contributed by atoms with van der Waals surface area (Å²) in [6, 6.07) is 9.10. The molecule has 0 unspecified atom stereocenters. The second kappa shape index (κ2) is 9.10. The molecule has 2 heterocycles. The van der Waals surface area contributed by atoms with Crippen molar-refractivity contribution in [3.8, 4) is 5.75 Å². The largest absolute Gasteiger partial charge is 0.497 e. The molecule has 1 aromatic heterocycles. The third kappa shape index (κ3) is 4.96. The van der Waals surface area contributed by atoms with Gasteiger partial charge in [-0.15, -0.1) is 0 Å². The molecule has 1 atom stereocenters. The fourth-order valence-electron chi connectivity index (χ4n) is 3.16. The van der Waals surface area contributed by atoms with E-state index in [0.29, 0.717) is 30.9 Å². The Balaban J connectivity index is 1.57. The van der Waals surface area contributed by atoms with E-state index in [-0.39, 0.29) is 18.0 Å².